The molecule has 160 valence electrons. The fourth-order valence-corrected chi connectivity index (χ4v) is 3.56. The van der Waals surface area contributed by atoms with E-state index in [0.717, 1.165) is 12.1 Å². The number of nitrogens with one attached hydrogen (secondary N) is 1. The summed E-state index contributed by atoms with van der Waals surface area (Å²) in [6, 6.07) is 10.5. The number of ether oxygens (including phenoxy) is 1. The number of nitrogen functional groups attached to an aromatic ring is 1. The molecule has 2 aromatic rings. The van der Waals surface area contributed by atoms with Crippen LogP contribution in [-0.2, 0) is 21.9 Å². The van der Waals surface area contributed by atoms with Crippen LogP contribution in [0.2, 0.25) is 0 Å². The lowest BCUT2D eigenvalue weighted by atomic mass is 10.1. The van der Waals surface area contributed by atoms with E-state index < -0.39 is 37.5 Å². The van der Waals surface area contributed by atoms with Crippen LogP contribution < -0.4 is 15.8 Å². The lowest BCUT2D eigenvalue weighted by molar-refractivity contribution is -0.139. The maximum Gasteiger partial charge on any atom is 0.420 e. The van der Waals surface area contributed by atoms with E-state index in [0.29, 0.717) is 12.0 Å². The molecule has 0 saturated carbocycles. The Morgan fingerprint density at radius 1 is 1.24 bits per heavy atom. The molecule has 2 atom stereocenters. The van der Waals surface area contributed by atoms with Crippen LogP contribution in [0.1, 0.15) is 31.4 Å². The Bertz CT molecular complexity index is 863. The van der Waals surface area contributed by atoms with Gasteiger partial charge in [-0.3, -0.25) is 4.57 Å². The number of hydrogen-bond donors (Lipinski definition) is 3. The second-order valence-electron chi connectivity index (χ2n) is 6.50. The molecule has 0 fully saturated rings. The summed E-state index contributed by atoms with van der Waals surface area (Å²) < 4.78 is 62.7. The topological polar surface area (TPSA) is 93.8 Å². The zero-order chi connectivity index (χ0) is 21.7. The zero-order valence-corrected chi connectivity index (χ0v) is 17.0. The molecule has 2 unspecified atom stereocenters. The molecule has 29 heavy (non-hydrogen) atoms. The number of rotatable bonds is 9. The first kappa shape index (κ1) is 23.1. The molecule has 0 heterocycles. The van der Waals surface area contributed by atoms with E-state index in [1.807, 2.05) is 0 Å². The van der Waals surface area contributed by atoms with Gasteiger partial charge in [-0.15, -0.1) is 0 Å². The highest BCUT2D eigenvalue weighted by molar-refractivity contribution is 7.52. The molecule has 0 bridgehead atoms. The molecule has 0 amide bonds. The smallest absolute Gasteiger partial charge is 0.420 e. The number of nitrogens with two attached hydrogens (primary N) is 1. The summed E-state index contributed by atoms with van der Waals surface area (Å²) in [5, 5.41) is 2.59. The van der Waals surface area contributed by atoms with Gasteiger partial charge in [0.05, 0.1) is 23.0 Å². The van der Waals surface area contributed by atoms with Crippen LogP contribution >= 0.6 is 7.60 Å². The number of hydrogen-bond acceptors (Lipinski definition) is 5. The van der Waals surface area contributed by atoms with Crippen molar-refractivity contribution in [3.8, 4) is 5.75 Å². The minimum atomic E-state index is -4.68. The van der Waals surface area contributed by atoms with Gasteiger partial charge in [-0.25, -0.2) is 0 Å². The third kappa shape index (κ3) is 6.96. The summed E-state index contributed by atoms with van der Waals surface area (Å²) in [5.41, 5.74) is 5.20. The second kappa shape index (κ2) is 9.52. The Morgan fingerprint density at radius 3 is 2.48 bits per heavy atom. The molecule has 0 aromatic heterocycles. The van der Waals surface area contributed by atoms with E-state index in [-0.39, 0.29) is 18.0 Å². The van der Waals surface area contributed by atoms with Crippen molar-refractivity contribution < 1.29 is 31.9 Å². The number of halogens is 3. The Kier molecular flexibility index (Phi) is 7.57. The predicted molar refractivity (Wildman–Crippen MR) is 106 cm³/mol. The van der Waals surface area contributed by atoms with E-state index in [2.05, 4.69) is 5.32 Å². The van der Waals surface area contributed by atoms with Crippen molar-refractivity contribution in [2.45, 2.75) is 39.2 Å². The lowest BCUT2D eigenvalue weighted by Gasteiger charge is -2.20. The summed E-state index contributed by atoms with van der Waals surface area (Å²) in [5.74, 6) is -0.436. The van der Waals surface area contributed by atoms with E-state index in [1.54, 1.807) is 44.2 Å². The summed E-state index contributed by atoms with van der Waals surface area (Å²) >= 11 is 0. The quantitative estimate of drug-likeness (QED) is 0.371. The predicted octanol–water partition coefficient (Wildman–Crippen LogP) is 5.24. The highest BCUT2D eigenvalue weighted by Crippen LogP contribution is 2.45. The maximum atomic E-state index is 13.4. The standard InChI is InChI=1S/C19H24F3N2O4P/c1-3-13(2)28-29(25,26)12-24-17-10-18(15(9-16(17)23)19(20,21)22)27-11-14-7-5-4-6-8-14/h4-10,13,24H,3,11-12,23H2,1-2H3,(H,25,26). The first-order valence-corrected chi connectivity index (χ1v) is 10.7. The van der Waals surface area contributed by atoms with Gasteiger partial charge >= 0.3 is 13.8 Å². The monoisotopic (exact) mass is 432 g/mol. The first-order valence-electron chi connectivity index (χ1n) is 8.93. The molecule has 0 aliphatic carbocycles. The van der Waals surface area contributed by atoms with E-state index in [1.165, 1.54) is 0 Å². The Morgan fingerprint density at radius 2 is 1.90 bits per heavy atom. The van der Waals surface area contributed by atoms with Crippen molar-refractivity contribution in [1.29, 1.82) is 0 Å². The number of anilines is 2. The van der Waals surface area contributed by atoms with Gasteiger partial charge in [0.2, 0.25) is 0 Å². The van der Waals surface area contributed by atoms with Crippen LogP contribution in [0, 0.1) is 0 Å². The Labute approximate surface area is 167 Å². The van der Waals surface area contributed by atoms with E-state index in [4.69, 9.17) is 15.0 Å². The van der Waals surface area contributed by atoms with Crippen molar-refractivity contribution >= 4 is 19.0 Å². The maximum absolute atomic E-state index is 13.4. The van der Waals surface area contributed by atoms with Crippen LogP contribution in [0.25, 0.3) is 0 Å². The van der Waals surface area contributed by atoms with Crippen molar-refractivity contribution in [3.05, 3.63) is 53.6 Å². The molecule has 2 rings (SSSR count). The molecule has 0 aliphatic rings. The third-order valence-corrected chi connectivity index (χ3v) is 5.33. The van der Waals surface area contributed by atoms with Crippen LogP contribution in [0.5, 0.6) is 5.75 Å². The number of benzene rings is 2. The van der Waals surface area contributed by atoms with Crippen molar-refractivity contribution in [1.82, 2.24) is 0 Å². The summed E-state index contributed by atoms with van der Waals surface area (Å²) in [6.45, 7) is 3.36. The molecular weight excluding hydrogens is 408 g/mol. The van der Waals surface area contributed by atoms with E-state index >= 15 is 0 Å². The number of alkyl halides is 3. The Balaban J connectivity index is 2.23. The molecular formula is C19H24F3N2O4P. The Hall–Kier alpha value is -2.22. The molecule has 0 spiro atoms. The first-order chi connectivity index (χ1) is 13.5. The van der Waals surface area contributed by atoms with E-state index in [9.17, 15) is 22.6 Å². The van der Waals surface area contributed by atoms with Crippen LogP contribution in [0.4, 0.5) is 24.5 Å². The van der Waals surface area contributed by atoms with Gasteiger partial charge in [-0.1, -0.05) is 37.3 Å². The molecule has 0 radical (unpaired) electrons. The minimum Gasteiger partial charge on any atom is -0.488 e. The summed E-state index contributed by atoms with van der Waals surface area (Å²) in [6.07, 6.45) is -5.09. The van der Waals surface area contributed by atoms with Crippen molar-refractivity contribution in [3.63, 3.8) is 0 Å². The highest BCUT2D eigenvalue weighted by Gasteiger charge is 2.35. The van der Waals surface area contributed by atoms with Gasteiger partial charge in [0.25, 0.3) is 0 Å². The lowest BCUT2D eigenvalue weighted by Crippen LogP contribution is -2.13. The van der Waals surface area contributed by atoms with Crippen molar-refractivity contribution in [2.24, 2.45) is 0 Å². The molecule has 0 aliphatic heterocycles. The second-order valence-corrected chi connectivity index (χ2v) is 8.31. The largest absolute Gasteiger partial charge is 0.488 e. The van der Waals surface area contributed by atoms with Crippen LogP contribution in [-0.4, -0.2) is 17.3 Å². The van der Waals surface area contributed by atoms with Gasteiger partial charge in [-0.05, 0) is 25.0 Å². The molecule has 2 aromatic carbocycles. The average molecular weight is 432 g/mol. The summed E-state index contributed by atoms with van der Waals surface area (Å²) in [7, 11) is -4.00. The molecule has 0 saturated heterocycles. The van der Waals surface area contributed by atoms with Crippen LogP contribution in [0.15, 0.2) is 42.5 Å². The van der Waals surface area contributed by atoms with Crippen molar-refractivity contribution in [2.75, 3.05) is 17.3 Å². The highest BCUT2D eigenvalue weighted by atomic mass is 31.2. The van der Waals surface area contributed by atoms with Crippen LogP contribution in [0.3, 0.4) is 0 Å². The summed E-state index contributed by atoms with van der Waals surface area (Å²) in [4.78, 5) is 9.89. The minimum absolute atomic E-state index is 0.0445. The molecule has 10 heteroatoms. The fourth-order valence-electron chi connectivity index (χ4n) is 2.40. The fraction of sp³-hybridized carbons (Fsp3) is 0.368. The molecule has 4 N–H and O–H groups in total. The van der Waals surface area contributed by atoms with Gasteiger partial charge in [0.15, 0.2) is 0 Å². The van der Waals surface area contributed by atoms with Gasteiger partial charge in [0.1, 0.15) is 18.6 Å². The zero-order valence-electron chi connectivity index (χ0n) is 16.1. The SMILES string of the molecule is CCC(C)OP(=O)(O)CNc1cc(OCc2ccccc2)c(C(F)(F)F)cc1N. The van der Waals surface area contributed by atoms with Gasteiger partial charge in [0, 0.05) is 6.07 Å². The van der Waals surface area contributed by atoms with Gasteiger partial charge in [-0.2, -0.15) is 13.2 Å². The third-order valence-electron chi connectivity index (χ3n) is 4.08. The average Bonchev–Trinajstić information content (AvgIpc) is 2.65. The molecule has 6 nitrogen and oxygen atoms in total. The normalized spacial score (nSPS) is 14.8. The van der Waals surface area contributed by atoms with Gasteiger partial charge < -0.3 is 25.2 Å².